The number of hydrogen-bond acceptors (Lipinski definition) is 1. The van der Waals surface area contributed by atoms with Crippen molar-refractivity contribution in [2.45, 2.75) is 73.9 Å². The molecule has 0 unspecified atom stereocenters. The maximum absolute atomic E-state index is 3.10. The van der Waals surface area contributed by atoms with Crippen molar-refractivity contribution in [1.29, 1.82) is 0 Å². The minimum absolute atomic E-state index is 0. The molecule has 0 heterocycles. The van der Waals surface area contributed by atoms with E-state index in [4.69, 9.17) is 0 Å². The van der Waals surface area contributed by atoms with Crippen LogP contribution in [0, 0.1) is 5.41 Å². The largest absolute Gasteiger partial charge is 1.00 e. The molecule has 0 bridgehead atoms. The fourth-order valence-corrected chi connectivity index (χ4v) is 24.8. The Morgan fingerprint density at radius 3 is 1.36 bits per heavy atom. The molecular weight excluding hydrogens is 512 g/mol. The Morgan fingerprint density at radius 2 is 1.14 bits per heavy atom. The Hall–Kier alpha value is 1.32. The third kappa shape index (κ3) is 5.16. The Labute approximate surface area is 165 Å². The first-order valence-electron chi connectivity index (χ1n) is 7.67. The second-order valence-corrected chi connectivity index (χ2v) is 26.1. The topological polar surface area (TPSA) is 3.24 Å². The standard InChI is InChI=1S/C10H15.C6H18NSi2.2ClH.Hf/c1-7-6-10(4,5)9(3)8(7)2;1-8(2,3)7-9(4,5)6;;;/h1-5H3;1-6H3;2*1H;/q;-1;;;+3/p-2. The molecule has 0 N–H and O–H groups in total. The van der Waals surface area contributed by atoms with Gasteiger partial charge in [0, 0.05) is 0 Å². The molecule has 1 nitrogen and oxygen atoms in total. The minimum Gasteiger partial charge on any atom is -1.00 e. The average molecular weight is 545 g/mol. The van der Waals surface area contributed by atoms with Gasteiger partial charge in [0.2, 0.25) is 0 Å². The van der Waals surface area contributed by atoms with Gasteiger partial charge in [-0.25, -0.2) is 0 Å². The Balaban J connectivity index is 0. The van der Waals surface area contributed by atoms with Gasteiger partial charge < -0.3 is 24.8 Å². The Kier molecular flexibility index (Phi) is 9.45. The molecule has 0 aromatic rings. The SMILES string of the molecule is CC1=C(C)C(C)(C)[C]([Hf+2][N]([Si](C)(C)C)[Si](C)(C)C)=C1C.[Cl-].[Cl-]. The van der Waals surface area contributed by atoms with Gasteiger partial charge in [0.15, 0.2) is 0 Å². The summed E-state index contributed by atoms with van der Waals surface area (Å²) in [7, 11) is -2.39. The smallest absolute Gasteiger partial charge is 1.00 e. The van der Waals surface area contributed by atoms with E-state index in [-0.39, 0.29) is 24.8 Å². The van der Waals surface area contributed by atoms with Crippen LogP contribution in [-0.4, -0.2) is 18.7 Å². The van der Waals surface area contributed by atoms with E-state index < -0.39 is 39.7 Å². The quantitative estimate of drug-likeness (QED) is 0.436. The van der Waals surface area contributed by atoms with Crippen LogP contribution >= 0.6 is 0 Å². The summed E-state index contributed by atoms with van der Waals surface area (Å²) in [5.41, 5.74) is 5.15. The number of rotatable bonds is 4. The molecule has 0 atom stereocenters. The molecule has 0 aliphatic heterocycles. The van der Waals surface area contributed by atoms with Crippen LogP contribution in [0.1, 0.15) is 34.6 Å². The zero-order chi connectivity index (χ0) is 16.1. The zero-order valence-corrected chi connectivity index (χ0v) is 23.3. The van der Waals surface area contributed by atoms with Gasteiger partial charge in [-0.05, 0) is 0 Å². The predicted octanol–water partition coefficient (Wildman–Crippen LogP) is -0.386. The van der Waals surface area contributed by atoms with Gasteiger partial charge in [-0.2, -0.15) is 0 Å². The molecule has 22 heavy (non-hydrogen) atoms. The maximum Gasteiger partial charge on any atom is -1.00 e. The van der Waals surface area contributed by atoms with E-state index in [0.717, 1.165) is 0 Å². The third-order valence-electron chi connectivity index (χ3n) is 4.63. The molecule has 0 fully saturated rings. The first-order valence-corrected chi connectivity index (χ1v) is 18.0. The van der Waals surface area contributed by atoms with Crippen molar-refractivity contribution in [1.82, 2.24) is 2.22 Å². The molecular formula is C16H33Cl2HfNSi2. The van der Waals surface area contributed by atoms with Crippen LogP contribution in [0.5, 0.6) is 0 Å². The summed E-state index contributed by atoms with van der Waals surface area (Å²) in [5.74, 6) is 0. The molecule has 0 saturated carbocycles. The number of hydrogen-bond donors (Lipinski definition) is 0. The molecule has 0 aromatic carbocycles. The fourth-order valence-electron chi connectivity index (χ4n) is 3.27. The van der Waals surface area contributed by atoms with Crippen molar-refractivity contribution in [3.8, 4) is 0 Å². The summed E-state index contributed by atoms with van der Waals surface area (Å²) in [6.45, 7) is 27.2. The summed E-state index contributed by atoms with van der Waals surface area (Å²) >= 11 is -0.930. The number of nitrogens with zero attached hydrogens (tertiary/aromatic N) is 1. The normalized spacial score (nSPS) is 18.2. The van der Waals surface area contributed by atoms with Crippen LogP contribution in [0.3, 0.4) is 0 Å². The monoisotopic (exact) mass is 545 g/mol. The third-order valence-corrected chi connectivity index (χ3v) is 32.8. The summed E-state index contributed by atoms with van der Waals surface area (Å²) in [6, 6.07) is 0. The van der Waals surface area contributed by atoms with Crippen molar-refractivity contribution < 1.29 is 48.0 Å². The van der Waals surface area contributed by atoms with Gasteiger partial charge in [0.05, 0.1) is 0 Å². The van der Waals surface area contributed by atoms with E-state index in [0.29, 0.717) is 5.41 Å². The van der Waals surface area contributed by atoms with E-state index in [9.17, 15) is 0 Å². The second kappa shape index (κ2) is 8.14. The predicted molar refractivity (Wildman–Crippen MR) is 93.4 cm³/mol. The molecule has 1 aliphatic rings. The van der Waals surface area contributed by atoms with Gasteiger partial charge in [0.25, 0.3) is 0 Å². The summed E-state index contributed by atoms with van der Waals surface area (Å²) in [5, 5.41) is 0. The molecule has 0 amide bonds. The molecule has 128 valence electrons. The molecule has 0 radical (unpaired) electrons. The van der Waals surface area contributed by atoms with Gasteiger partial charge >= 0.3 is 141 Å². The molecule has 0 aromatic heterocycles. The van der Waals surface area contributed by atoms with Crippen molar-refractivity contribution in [3.63, 3.8) is 0 Å². The summed E-state index contributed by atoms with van der Waals surface area (Å²) in [4.78, 5) is 0. The van der Waals surface area contributed by atoms with Crippen molar-refractivity contribution in [2.24, 2.45) is 5.41 Å². The molecule has 1 rings (SSSR count). The van der Waals surface area contributed by atoms with Crippen LogP contribution in [0.2, 0.25) is 39.3 Å². The van der Waals surface area contributed by atoms with Gasteiger partial charge in [-0.1, -0.05) is 0 Å². The van der Waals surface area contributed by atoms with E-state index >= 15 is 0 Å². The fraction of sp³-hybridized carbons (Fsp3) is 0.750. The zero-order valence-electron chi connectivity index (χ0n) is 16.2. The first kappa shape index (κ1) is 25.6. The number of allylic oxidation sites excluding steroid dienone is 4. The summed E-state index contributed by atoms with van der Waals surface area (Å²) in [6.07, 6.45) is 0. The maximum atomic E-state index is 3.10. The van der Waals surface area contributed by atoms with Crippen molar-refractivity contribution in [2.75, 3.05) is 0 Å². The van der Waals surface area contributed by atoms with Gasteiger partial charge in [-0.3, -0.25) is 0 Å². The minimum atomic E-state index is -1.20. The van der Waals surface area contributed by atoms with E-state index in [2.05, 4.69) is 76.1 Å². The number of halogens is 2. The molecule has 0 spiro atoms. The van der Waals surface area contributed by atoms with Crippen molar-refractivity contribution >= 4 is 16.5 Å². The summed E-state index contributed by atoms with van der Waals surface area (Å²) < 4.78 is 4.96. The van der Waals surface area contributed by atoms with Gasteiger partial charge in [0.1, 0.15) is 0 Å². The Morgan fingerprint density at radius 1 is 0.773 bits per heavy atom. The van der Waals surface area contributed by atoms with Crippen LogP contribution in [0.25, 0.3) is 0 Å². The Bertz CT molecular complexity index is 458. The molecule has 0 saturated heterocycles. The van der Waals surface area contributed by atoms with Crippen molar-refractivity contribution in [3.05, 3.63) is 20.0 Å². The van der Waals surface area contributed by atoms with E-state index in [1.54, 1.807) is 16.7 Å². The second-order valence-electron chi connectivity index (χ2n) is 8.66. The van der Waals surface area contributed by atoms with E-state index in [1.807, 2.05) is 3.33 Å². The van der Waals surface area contributed by atoms with Crippen LogP contribution in [0.15, 0.2) is 20.0 Å². The van der Waals surface area contributed by atoms with E-state index in [1.165, 1.54) is 0 Å². The average Bonchev–Trinajstić information content (AvgIpc) is 2.35. The first-order chi connectivity index (χ1) is 8.70. The van der Waals surface area contributed by atoms with Crippen LogP contribution in [0.4, 0.5) is 0 Å². The van der Waals surface area contributed by atoms with Crippen LogP contribution in [-0.2, 0) is 23.2 Å². The molecule has 6 heteroatoms. The van der Waals surface area contributed by atoms with Crippen LogP contribution < -0.4 is 24.8 Å². The molecule has 1 aliphatic carbocycles. The van der Waals surface area contributed by atoms with Gasteiger partial charge in [-0.15, -0.1) is 0 Å².